The second-order valence-corrected chi connectivity index (χ2v) is 8.25. The maximum absolute atomic E-state index is 12.1. The molecule has 0 saturated heterocycles. The highest BCUT2D eigenvalue weighted by atomic mass is 35.5. The van der Waals surface area contributed by atoms with Crippen LogP contribution in [0.5, 0.6) is 0 Å². The van der Waals surface area contributed by atoms with Crippen molar-refractivity contribution in [3.63, 3.8) is 0 Å². The summed E-state index contributed by atoms with van der Waals surface area (Å²) in [5.41, 5.74) is 1.49. The maximum atomic E-state index is 12.1. The number of aryl methyl sites for hydroxylation is 1. The molecular weight excluding hydrogens is 418 g/mol. The van der Waals surface area contributed by atoms with Crippen molar-refractivity contribution in [1.29, 1.82) is 0 Å². The van der Waals surface area contributed by atoms with Crippen molar-refractivity contribution in [3.8, 4) is 11.1 Å². The van der Waals surface area contributed by atoms with Crippen LogP contribution in [-0.2, 0) is 16.0 Å². The summed E-state index contributed by atoms with van der Waals surface area (Å²) in [6.45, 7) is 3.07. The maximum Gasteiger partial charge on any atom is 0.407 e. The van der Waals surface area contributed by atoms with Crippen LogP contribution in [0.15, 0.2) is 48.5 Å². The number of alkyl carbamates (subject to hydrolysis) is 1. The highest BCUT2D eigenvalue weighted by molar-refractivity contribution is 6.30. The lowest BCUT2D eigenvalue weighted by atomic mass is 9.80. The standard InChI is InChI=1S/C24H30ClNO5/c1-3-4-14-31-23(30)26-21(24(2,16-27)22(28)29)13-10-17-8-11-18(12-9-17)19-6-5-7-20(25)15-19/h5-9,11-12,15,21,27H,3-4,10,13-14,16H2,1-2H3,(H,26,30)(H,28,29). The molecule has 1 amide bonds. The van der Waals surface area contributed by atoms with Crippen molar-refractivity contribution in [3.05, 3.63) is 59.1 Å². The fourth-order valence-corrected chi connectivity index (χ4v) is 3.40. The zero-order valence-corrected chi connectivity index (χ0v) is 18.7. The van der Waals surface area contributed by atoms with E-state index in [-0.39, 0.29) is 6.61 Å². The molecule has 2 aromatic carbocycles. The van der Waals surface area contributed by atoms with Crippen molar-refractivity contribution < 1.29 is 24.5 Å². The summed E-state index contributed by atoms with van der Waals surface area (Å²) in [5.74, 6) is -1.18. The molecule has 31 heavy (non-hydrogen) atoms. The molecule has 0 bridgehead atoms. The van der Waals surface area contributed by atoms with Crippen molar-refractivity contribution in [2.24, 2.45) is 5.41 Å². The summed E-state index contributed by atoms with van der Waals surface area (Å²) in [7, 11) is 0. The number of hydrogen-bond donors (Lipinski definition) is 3. The van der Waals surface area contributed by atoms with Crippen LogP contribution in [0, 0.1) is 5.41 Å². The normalized spacial score (nSPS) is 13.8. The van der Waals surface area contributed by atoms with E-state index in [2.05, 4.69) is 5.32 Å². The highest BCUT2D eigenvalue weighted by Crippen LogP contribution is 2.27. The number of nitrogens with one attached hydrogen (secondary N) is 1. The highest BCUT2D eigenvalue weighted by Gasteiger charge is 2.42. The fourth-order valence-electron chi connectivity index (χ4n) is 3.21. The van der Waals surface area contributed by atoms with Gasteiger partial charge in [0, 0.05) is 5.02 Å². The molecule has 0 spiro atoms. The second kappa shape index (κ2) is 11.7. The number of aliphatic hydroxyl groups is 1. The summed E-state index contributed by atoms with van der Waals surface area (Å²) in [4.78, 5) is 23.9. The molecular formula is C24H30ClNO5. The number of unbranched alkanes of at least 4 members (excludes halogenated alkanes) is 1. The average molecular weight is 448 g/mol. The zero-order valence-electron chi connectivity index (χ0n) is 17.9. The minimum atomic E-state index is -1.52. The van der Waals surface area contributed by atoms with Gasteiger partial charge >= 0.3 is 12.1 Å². The quantitative estimate of drug-likeness (QED) is 0.425. The molecule has 0 saturated carbocycles. The second-order valence-electron chi connectivity index (χ2n) is 7.81. The topological polar surface area (TPSA) is 95.9 Å². The molecule has 2 rings (SSSR count). The van der Waals surface area contributed by atoms with Gasteiger partial charge in [0.1, 0.15) is 5.41 Å². The molecule has 2 aromatic rings. The monoisotopic (exact) mass is 447 g/mol. The largest absolute Gasteiger partial charge is 0.481 e. The summed E-state index contributed by atoms with van der Waals surface area (Å²) in [6, 6.07) is 14.7. The smallest absolute Gasteiger partial charge is 0.407 e. The molecule has 6 nitrogen and oxygen atoms in total. The molecule has 3 N–H and O–H groups in total. The van der Waals surface area contributed by atoms with E-state index < -0.39 is 30.1 Å². The summed E-state index contributed by atoms with van der Waals surface area (Å²) < 4.78 is 5.12. The molecule has 0 fully saturated rings. The van der Waals surface area contributed by atoms with Crippen molar-refractivity contribution in [2.45, 2.75) is 45.6 Å². The van der Waals surface area contributed by atoms with E-state index in [1.54, 1.807) is 0 Å². The number of aliphatic carboxylic acids is 1. The van der Waals surface area contributed by atoms with E-state index in [0.717, 1.165) is 29.5 Å². The first-order valence-corrected chi connectivity index (χ1v) is 10.8. The van der Waals surface area contributed by atoms with Gasteiger partial charge < -0.3 is 20.3 Å². The van der Waals surface area contributed by atoms with Crippen LogP contribution in [0.1, 0.15) is 38.7 Å². The molecule has 2 atom stereocenters. The van der Waals surface area contributed by atoms with Crippen LogP contribution in [0.3, 0.4) is 0 Å². The van der Waals surface area contributed by atoms with E-state index in [0.29, 0.717) is 17.9 Å². The minimum absolute atomic E-state index is 0.267. The Morgan fingerprint density at radius 1 is 1.16 bits per heavy atom. The van der Waals surface area contributed by atoms with Crippen molar-refractivity contribution in [1.82, 2.24) is 5.32 Å². The lowest BCUT2D eigenvalue weighted by molar-refractivity contribution is -0.152. The van der Waals surface area contributed by atoms with Crippen LogP contribution in [0.25, 0.3) is 11.1 Å². The Balaban J connectivity index is 2.09. The van der Waals surface area contributed by atoms with Gasteiger partial charge in [-0.15, -0.1) is 0 Å². The van der Waals surface area contributed by atoms with Gasteiger partial charge in [-0.1, -0.05) is 61.3 Å². The summed E-state index contributed by atoms with van der Waals surface area (Å²) in [6.07, 6.45) is 1.80. The van der Waals surface area contributed by atoms with Gasteiger partial charge in [-0.05, 0) is 55.0 Å². The van der Waals surface area contributed by atoms with Gasteiger partial charge in [-0.2, -0.15) is 0 Å². The molecule has 0 aliphatic carbocycles. The number of benzene rings is 2. The Bertz CT molecular complexity index is 871. The SMILES string of the molecule is CCCCOC(=O)NC(CCc1ccc(-c2cccc(Cl)c2)cc1)C(C)(CO)C(=O)O. The van der Waals surface area contributed by atoms with E-state index in [9.17, 15) is 19.8 Å². The molecule has 168 valence electrons. The predicted octanol–water partition coefficient (Wildman–Crippen LogP) is 4.92. The van der Waals surface area contributed by atoms with E-state index >= 15 is 0 Å². The van der Waals surface area contributed by atoms with Gasteiger partial charge in [0.25, 0.3) is 0 Å². The molecule has 7 heteroatoms. The number of rotatable bonds is 11. The lowest BCUT2D eigenvalue weighted by Gasteiger charge is -2.32. The van der Waals surface area contributed by atoms with Crippen LogP contribution in [0.2, 0.25) is 5.02 Å². The van der Waals surface area contributed by atoms with E-state index in [1.807, 2.05) is 55.5 Å². The number of carbonyl (C=O) groups excluding carboxylic acids is 1. The first-order valence-electron chi connectivity index (χ1n) is 10.4. The van der Waals surface area contributed by atoms with Gasteiger partial charge in [0.2, 0.25) is 0 Å². The number of hydrogen-bond acceptors (Lipinski definition) is 4. The third kappa shape index (κ3) is 6.97. The number of carboxylic acids is 1. The molecule has 0 radical (unpaired) electrons. The average Bonchev–Trinajstić information content (AvgIpc) is 2.76. The fraction of sp³-hybridized carbons (Fsp3) is 0.417. The third-order valence-corrected chi connectivity index (χ3v) is 5.68. The van der Waals surface area contributed by atoms with Crippen molar-refractivity contribution >= 4 is 23.7 Å². The number of carboxylic acid groups (broad SMARTS) is 1. The summed E-state index contributed by atoms with van der Waals surface area (Å²) in [5, 5.41) is 22.7. The number of ether oxygens (including phenoxy) is 1. The Hall–Kier alpha value is -2.57. The molecule has 0 aliphatic rings. The Labute approximate surface area is 188 Å². The Morgan fingerprint density at radius 2 is 1.87 bits per heavy atom. The first-order chi connectivity index (χ1) is 14.8. The van der Waals surface area contributed by atoms with E-state index in [4.69, 9.17) is 16.3 Å². The molecule has 2 unspecified atom stereocenters. The van der Waals surface area contributed by atoms with Crippen molar-refractivity contribution in [2.75, 3.05) is 13.2 Å². The van der Waals surface area contributed by atoms with Gasteiger partial charge in [0.15, 0.2) is 0 Å². The van der Waals surface area contributed by atoms with Gasteiger partial charge in [0.05, 0.1) is 19.3 Å². The van der Waals surface area contributed by atoms with Gasteiger partial charge in [-0.25, -0.2) is 4.79 Å². The number of carbonyl (C=O) groups is 2. The number of aliphatic hydroxyl groups excluding tert-OH is 1. The van der Waals surface area contributed by atoms with Crippen LogP contribution >= 0.6 is 11.6 Å². The van der Waals surface area contributed by atoms with Crippen LogP contribution in [-0.4, -0.2) is 41.5 Å². The zero-order chi connectivity index (χ0) is 22.9. The Morgan fingerprint density at radius 3 is 2.45 bits per heavy atom. The Kier molecular flexibility index (Phi) is 9.34. The minimum Gasteiger partial charge on any atom is -0.481 e. The summed E-state index contributed by atoms with van der Waals surface area (Å²) >= 11 is 6.06. The third-order valence-electron chi connectivity index (χ3n) is 5.44. The molecule has 0 aliphatic heterocycles. The predicted molar refractivity (Wildman–Crippen MR) is 121 cm³/mol. The first kappa shape index (κ1) is 24.7. The number of amides is 1. The molecule has 0 heterocycles. The van der Waals surface area contributed by atoms with E-state index in [1.165, 1.54) is 6.92 Å². The van der Waals surface area contributed by atoms with Crippen LogP contribution in [0.4, 0.5) is 4.79 Å². The van der Waals surface area contributed by atoms with Crippen LogP contribution < -0.4 is 5.32 Å². The van der Waals surface area contributed by atoms with Gasteiger partial charge in [-0.3, -0.25) is 4.79 Å². The lowest BCUT2D eigenvalue weighted by Crippen LogP contribution is -2.52. The molecule has 0 aromatic heterocycles. The number of halogens is 1.